The Hall–Kier alpha value is -1.95. The molecule has 1 atom stereocenters. The molecular formula is C21H28N4OS. The predicted molar refractivity (Wildman–Crippen MR) is 109 cm³/mol. The van der Waals surface area contributed by atoms with Crippen molar-refractivity contribution in [3.63, 3.8) is 0 Å². The first-order chi connectivity index (χ1) is 13.2. The van der Waals surface area contributed by atoms with E-state index in [1.165, 1.54) is 41.9 Å². The molecule has 0 bridgehead atoms. The van der Waals surface area contributed by atoms with E-state index in [0.717, 1.165) is 49.6 Å². The van der Waals surface area contributed by atoms with Crippen molar-refractivity contribution < 1.29 is 4.79 Å². The van der Waals surface area contributed by atoms with Crippen LogP contribution in [0.4, 0.5) is 5.13 Å². The van der Waals surface area contributed by atoms with Crippen molar-refractivity contribution in [1.29, 1.82) is 0 Å². The van der Waals surface area contributed by atoms with Gasteiger partial charge in [-0.15, -0.1) is 0 Å². The molecule has 0 radical (unpaired) electrons. The average Bonchev–Trinajstić information content (AvgIpc) is 3.33. The van der Waals surface area contributed by atoms with Crippen LogP contribution in [0.15, 0.2) is 24.3 Å². The van der Waals surface area contributed by atoms with Gasteiger partial charge in [0.1, 0.15) is 11.9 Å². The van der Waals surface area contributed by atoms with E-state index < -0.39 is 0 Å². The van der Waals surface area contributed by atoms with Gasteiger partial charge in [0.25, 0.3) is 0 Å². The first-order valence-electron chi connectivity index (χ1n) is 10.1. The number of aryl methyl sites for hydroxylation is 1. The maximum atomic E-state index is 12.8. The number of anilines is 1. The molecule has 144 valence electrons. The number of nitrogens with one attached hydrogen (secondary N) is 1. The molecule has 1 saturated heterocycles. The van der Waals surface area contributed by atoms with Gasteiger partial charge in [-0.05, 0) is 38.2 Å². The highest BCUT2D eigenvalue weighted by Gasteiger charge is 2.34. The van der Waals surface area contributed by atoms with Gasteiger partial charge in [0, 0.05) is 30.5 Å². The van der Waals surface area contributed by atoms with Crippen LogP contribution in [0.5, 0.6) is 0 Å². The van der Waals surface area contributed by atoms with E-state index in [1.807, 2.05) is 0 Å². The molecular weight excluding hydrogens is 356 g/mol. The van der Waals surface area contributed by atoms with Gasteiger partial charge in [0.05, 0.1) is 0 Å². The molecule has 1 unspecified atom stereocenters. The molecule has 2 heterocycles. The third-order valence-electron chi connectivity index (χ3n) is 5.69. The zero-order valence-electron chi connectivity index (χ0n) is 16.0. The number of hydrogen-bond donors (Lipinski definition) is 1. The lowest BCUT2D eigenvalue weighted by atomic mass is 9.95. The topological polar surface area (TPSA) is 58.1 Å². The molecule has 27 heavy (non-hydrogen) atoms. The van der Waals surface area contributed by atoms with Gasteiger partial charge >= 0.3 is 0 Å². The molecule has 1 aromatic carbocycles. The van der Waals surface area contributed by atoms with Crippen LogP contribution in [0, 0.1) is 6.92 Å². The maximum absolute atomic E-state index is 12.8. The number of hydrogen-bond acceptors (Lipinski definition) is 5. The highest BCUT2D eigenvalue weighted by Crippen LogP contribution is 2.28. The molecule has 1 N–H and O–H groups in total. The van der Waals surface area contributed by atoms with Gasteiger partial charge in [0.15, 0.2) is 0 Å². The number of aromatic nitrogens is 2. The lowest BCUT2D eigenvalue weighted by Gasteiger charge is -2.27. The monoisotopic (exact) mass is 384 g/mol. The fourth-order valence-electron chi connectivity index (χ4n) is 4.13. The quantitative estimate of drug-likeness (QED) is 0.850. The minimum atomic E-state index is -0.0906. The minimum Gasteiger partial charge on any atom is -0.352 e. The van der Waals surface area contributed by atoms with Crippen molar-refractivity contribution in [3.8, 4) is 0 Å². The zero-order valence-corrected chi connectivity index (χ0v) is 16.8. The SMILES string of the molecule is Cc1ccc(Cc2nsc(N3CCCC3C(=O)NC3CCCCC3)n2)cc1. The van der Waals surface area contributed by atoms with Crippen molar-refractivity contribution in [2.24, 2.45) is 0 Å². The van der Waals surface area contributed by atoms with Gasteiger partial charge in [-0.1, -0.05) is 49.1 Å². The standard InChI is InChI=1S/C21H28N4OS/c1-15-9-11-16(12-10-15)14-19-23-21(27-24-19)25-13-5-8-18(25)20(26)22-17-6-3-2-4-7-17/h9-12,17-18H,2-8,13-14H2,1H3,(H,22,26). The molecule has 1 aromatic heterocycles. The number of rotatable bonds is 5. The first-order valence-corrected chi connectivity index (χ1v) is 10.9. The van der Waals surface area contributed by atoms with Crippen LogP contribution in [0.2, 0.25) is 0 Å². The Balaban J connectivity index is 1.40. The van der Waals surface area contributed by atoms with E-state index in [4.69, 9.17) is 4.98 Å². The predicted octanol–water partition coefficient (Wildman–Crippen LogP) is 3.86. The number of amides is 1. The molecule has 2 aromatic rings. The molecule has 1 saturated carbocycles. The van der Waals surface area contributed by atoms with E-state index in [2.05, 4.69) is 45.8 Å². The van der Waals surface area contributed by atoms with Crippen molar-refractivity contribution in [3.05, 3.63) is 41.2 Å². The summed E-state index contributed by atoms with van der Waals surface area (Å²) < 4.78 is 4.55. The molecule has 5 nitrogen and oxygen atoms in total. The van der Waals surface area contributed by atoms with Crippen LogP contribution in [0.25, 0.3) is 0 Å². The molecule has 1 amide bonds. The van der Waals surface area contributed by atoms with Gasteiger partial charge in [0.2, 0.25) is 11.0 Å². The summed E-state index contributed by atoms with van der Waals surface area (Å²) in [6.07, 6.45) is 8.70. The highest BCUT2D eigenvalue weighted by molar-refractivity contribution is 7.09. The summed E-state index contributed by atoms with van der Waals surface area (Å²) in [7, 11) is 0. The maximum Gasteiger partial charge on any atom is 0.243 e. The number of carbonyl (C=O) groups is 1. The second-order valence-corrected chi connectivity index (χ2v) is 8.58. The Kier molecular flexibility index (Phi) is 5.72. The lowest BCUT2D eigenvalue weighted by Crippen LogP contribution is -2.47. The normalized spacial score (nSPS) is 20.8. The van der Waals surface area contributed by atoms with Gasteiger partial charge in [-0.2, -0.15) is 4.37 Å². The van der Waals surface area contributed by atoms with E-state index in [0.29, 0.717) is 6.04 Å². The van der Waals surface area contributed by atoms with Crippen molar-refractivity contribution in [2.45, 2.75) is 70.4 Å². The Labute approximate surface area is 165 Å². The Morgan fingerprint density at radius 3 is 2.70 bits per heavy atom. The van der Waals surface area contributed by atoms with Crippen LogP contribution in [-0.4, -0.2) is 33.9 Å². The summed E-state index contributed by atoms with van der Waals surface area (Å²) in [6, 6.07) is 8.77. The summed E-state index contributed by atoms with van der Waals surface area (Å²) in [5.41, 5.74) is 2.48. The number of benzene rings is 1. The molecule has 6 heteroatoms. The van der Waals surface area contributed by atoms with Gasteiger partial charge in [-0.3, -0.25) is 4.79 Å². The zero-order chi connectivity index (χ0) is 18.6. The van der Waals surface area contributed by atoms with Crippen LogP contribution >= 0.6 is 11.5 Å². The lowest BCUT2D eigenvalue weighted by molar-refractivity contribution is -0.123. The Morgan fingerprint density at radius 2 is 1.93 bits per heavy atom. The molecule has 1 aliphatic carbocycles. The van der Waals surface area contributed by atoms with Crippen LogP contribution in [0.1, 0.15) is 61.9 Å². The highest BCUT2D eigenvalue weighted by atomic mass is 32.1. The Bertz CT molecular complexity index is 767. The van der Waals surface area contributed by atoms with Gasteiger partial charge in [-0.25, -0.2) is 4.98 Å². The van der Waals surface area contributed by atoms with Gasteiger partial charge < -0.3 is 10.2 Å². The van der Waals surface area contributed by atoms with E-state index in [-0.39, 0.29) is 11.9 Å². The van der Waals surface area contributed by atoms with Crippen molar-refractivity contribution in [2.75, 3.05) is 11.4 Å². The second-order valence-electron chi connectivity index (χ2n) is 7.85. The largest absolute Gasteiger partial charge is 0.352 e. The summed E-state index contributed by atoms with van der Waals surface area (Å²) in [5, 5.41) is 4.18. The van der Waals surface area contributed by atoms with E-state index in [9.17, 15) is 4.79 Å². The average molecular weight is 385 g/mol. The third-order valence-corrected chi connectivity index (χ3v) is 6.48. The molecule has 2 fully saturated rings. The van der Waals surface area contributed by atoms with E-state index >= 15 is 0 Å². The number of carbonyl (C=O) groups excluding carboxylic acids is 1. The molecule has 4 rings (SSSR count). The summed E-state index contributed by atoms with van der Waals surface area (Å²) in [6.45, 7) is 2.98. The second kappa shape index (κ2) is 8.38. The van der Waals surface area contributed by atoms with Crippen molar-refractivity contribution >= 4 is 22.6 Å². The summed E-state index contributed by atoms with van der Waals surface area (Å²) in [4.78, 5) is 19.7. The van der Waals surface area contributed by atoms with Crippen molar-refractivity contribution in [1.82, 2.24) is 14.7 Å². The van der Waals surface area contributed by atoms with Crippen LogP contribution in [-0.2, 0) is 11.2 Å². The molecule has 2 aliphatic rings. The summed E-state index contributed by atoms with van der Waals surface area (Å²) in [5.74, 6) is 1.02. The fourth-order valence-corrected chi connectivity index (χ4v) is 4.90. The van der Waals surface area contributed by atoms with Crippen LogP contribution < -0.4 is 10.2 Å². The molecule has 1 aliphatic heterocycles. The smallest absolute Gasteiger partial charge is 0.243 e. The summed E-state index contributed by atoms with van der Waals surface area (Å²) >= 11 is 1.42. The van der Waals surface area contributed by atoms with Crippen LogP contribution in [0.3, 0.4) is 0 Å². The minimum absolute atomic E-state index is 0.0906. The number of nitrogens with zero attached hydrogens (tertiary/aromatic N) is 3. The Morgan fingerprint density at radius 1 is 1.15 bits per heavy atom. The fraction of sp³-hybridized carbons (Fsp3) is 0.571. The third kappa shape index (κ3) is 4.49. The van der Waals surface area contributed by atoms with E-state index in [1.54, 1.807) is 0 Å². The first kappa shape index (κ1) is 18.4. The molecule has 0 spiro atoms.